The second-order valence-electron chi connectivity index (χ2n) is 9.16. The minimum absolute atomic E-state index is 0.0138. The van der Waals surface area contributed by atoms with Crippen molar-refractivity contribution in [3.63, 3.8) is 0 Å². The van der Waals surface area contributed by atoms with Crippen molar-refractivity contribution in [3.05, 3.63) is 53.5 Å². The summed E-state index contributed by atoms with van der Waals surface area (Å²) in [6.45, 7) is 4.05. The predicted octanol–water partition coefficient (Wildman–Crippen LogP) is 1.90. The predicted molar refractivity (Wildman–Crippen MR) is 130 cm³/mol. The quantitative estimate of drug-likeness (QED) is 0.385. The van der Waals surface area contributed by atoms with Crippen LogP contribution in [0.5, 0.6) is 0 Å². The van der Waals surface area contributed by atoms with Gasteiger partial charge in [0, 0.05) is 25.8 Å². The van der Waals surface area contributed by atoms with Crippen LogP contribution >= 0.6 is 0 Å². The first-order valence-corrected chi connectivity index (χ1v) is 11.7. The van der Waals surface area contributed by atoms with Crippen LogP contribution in [0.4, 0.5) is 14.6 Å². The van der Waals surface area contributed by atoms with Crippen LogP contribution in [0, 0.1) is 23.5 Å². The molecule has 0 bridgehead atoms. The van der Waals surface area contributed by atoms with Crippen molar-refractivity contribution in [2.24, 2.45) is 5.73 Å². The Labute approximate surface area is 210 Å². The van der Waals surface area contributed by atoms with Crippen LogP contribution < -0.4 is 11.5 Å². The number of ether oxygens (including phenoxy) is 1. The van der Waals surface area contributed by atoms with Crippen molar-refractivity contribution < 1.29 is 23.1 Å². The van der Waals surface area contributed by atoms with Crippen LogP contribution in [-0.4, -0.2) is 62.3 Å². The fraction of sp³-hybridized carbons (Fsp3) is 0.360. The SMILES string of the molecule is C=CC(=O)N1CC(n2nc(C#Cc3c(F)cc4c(ncn4C4CC4)c3F)c(C(N)=O)c2N)C[C@@H]1COC. The number of benzene rings is 1. The van der Waals surface area contributed by atoms with Gasteiger partial charge < -0.3 is 25.7 Å². The summed E-state index contributed by atoms with van der Waals surface area (Å²) >= 11 is 0. The van der Waals surface area contributed by atoms with Gasteiger partial charge in [-0.3, -0.25) is 9.59 Å². The van der Waals surface area contributed by atoms with Gasteiger partial charge in [-0.05, 0) is 31.3 Å². The number of aromatic nitrogens is 4. The number of nitrogens with two attached hydrogens (primary N) is 2. The van der Waals surface area contributed by atoms with Gasteiger partial charge in [-0.2, -0.15) is 5.10 Å². The normalized spacial score (nSPS) is 19.2. The number of amides is 2. The highest BCUT2D eigenvalue weighted by Crippen LogP contribution is 2.38. The van der Waals surface area contributed by atoms with Crippen LogP contribution in [0.25, 0.3) is 11.0 Å². The molecule has 1 aliphatic carbocycles. The summed E-state index contributed by atoms with van der Waals surface area (Å²) in [6.07, 6.45) is 5.01. The molecule has 12 heteroatoms. The summed E-state index contributed by atoms with van der Waals surface area (Å²) in [5, 5.41) is 4.35. The molecule has 0 spiro atoms. The van der Waals surface area contributed by atoms with E-state index in [0.29, 0.717) is 11.9 Å². The zero-order valence-electron chi connectivity index (χ0n) is 20.1. The highest BCUT2D eigenvalue weighted by molar-refractivity contribution is 5.99. The topological polar surface area (TPSA) is 134 Å². The van der Waals surface area contributed by atoms with Crippen molar-refractivity contribution in [2.75, 3.05) is 26.0 Å². The number of carbonyl (C=O) groups excluding carboxylic acids is 2. The summed E-state index contributed by atoms with van der Waals surface area (Å²) in [5.41, 5.74) is 11.3. The number of halogens is 2. The Kier molecular flexibility index (Phi) is 6.16. The first kappa shape index (κ1) is 24.5. The number of likely N-dealkylation sites (tertiary alicyclic amines) is 1. The van der Waals surface area contributed by atoms with Crippen LogP contribution in [0.15, 0.2) is 25.0 Å². The van der Waals surface area contributed by atoms with Gasteiger partial charge >= 0.3 is 0 Å². The molecule has 10 nitrogen and oxygen atoms in total. The summed E-state index contributed by atoms with van der Waals surface area (Å²) in [5.74, 6) is 2.04. The van der Waals surface area contributed by atoms with Gasteiger partial charge in [-0.15, -0.1) is 0 Å². The third kappa shape index (κ3) is 4.21. The monoisotopic (exact) mass is 509 g/mol. The number of nitrogens with zero attached hydrogens (tertiary/aromatic N) is 5. The minimum Gasteiger partial charge on any atom is -0.383 e. The molecule has 2 fully saturated rings. The minimum atomic E-state index is -0.897. The highest BCUT2D eigenvalue weighted by Gasteiger charge is 2.37. The molecule has 2 aromatic heterocycles. The lowest BCUT2D eigenvalue weighted by Gasteiger charge is -2.22. The molecular formula is C25H25F2N7O3. The van der Waals surface area contributed by atoms with E-state index in [4.69, 9.17) is 16.2 Å². The van der Waals surface area contributed by atoms with Crippen LogP contribution in [0.1, 0.15) is 53.0 Å². The van der Waals surface area contributed by atoms with E-state index in [1.54, 1.807) is 9.47 Å². The van der Waals surface area contributed by atoms with Crippen molar-refractivity contribution in [1.82, 2.24) is 24.2 Å². The number of nitrogen functional groups attached to an aromatic ring is 1. The van der Waals surface area contributed by atoms with Gasteiger partial charge in [-0.1, -0.05) is 12.5 Å². The number of fused-ring (bicyclic) bond motifs is 1. The van der Waals surface area contributed by atoms with Crippen molar-refractivity contribution in [1.29, 1.82) is 0 Å². The van der Waals surface area contributed by atoms with Gasteiger partial charge in [-0.25, -0.2) is 18.4 Å². The number of imidazole rings is 1. The molecule has 1 saturated carbocycles. The molecule has 1 aromatic carbocycles. The van der Waals surface area contributed by atoms with Crippen molar-refractivity contribution in [3.8, 4) is 11.8 Å². The molecule has 2 atom stereocenters. The number of hydrogen-bond acceptors (Lipinski definition) is 6. The van der Waals surface area contributed by atoms with E-state index in [1.165, 1.54) is 30.3 Å². The standard InChI is InChI=1S/C25H25F2N7O3/c1-3-20(35)32-10-14(8-15(32)11-37-2)34-24(28)21(25(29)36)18(31-34)7-6-16-17(26)9-19-23(22(16)27)30-12-33(19)13-4-5-13/h3,9,12-15H,1,4-5,8,10-11,28H2,2H3,(H2,29,36)/t14?,15-/m1/s1. The van der Waals surface area contributed by atoms with Crippen molar-refractivity contribution in [2.45, 2.75) is 37.4 Å². The summed E-state index contributed by atoms with van der Waals surface area (Å²) in [7, 11) is 1.52. The molecular weight excluding hydrogens is 484 g/mol. The zero-order valence-corrected chi connectivity index (χ0v) is 20.1. The molecule has 1 unspecified atom stereocenters. The molecule has 2 aliphatic rings. The van der Waals surface area contributed by atoms with Gasteiger partial charge in [0.2, 0.25) is 5.91 Å². The molecule has 37 heavy (non-hydrogen) atoms. The first-order valence-electron chi connectivity index (χ1n) is 11.7. The van der Waals surface area contributed by atoms with E-state index in [-0.39, 0.29) is 53.7 Å². The van der Waals surface area contributed by atoms with E-state index in [1.807, 2.05) is 0 Å². The van der Waals surface area contributed by atoms with E-state index in [2.05, 4.69) is 28.5 Å². The Morgan fingerprint density at radius 2 is 2.05 bits per heavy atom. The van der Waals surface area contributed by atoms with Crippen LogP contribution in [-0.2, 0) is 9.53 Å². The second kappa shape index (κ2) is 9.33. The summed E-state index contributed by atoms with van der Waals surface area (Å²) in [6, 6.07) is 0.729. The molecule has 3 heterocycles. The Hall–Kier alpha value is -4.24. The smallest absolute Gasteiger partial charge is 0.255 e. The lowest BCUT2D eigenvalue weighted by Crippen LogP contribution is -2.37. The van der Waals surface area contributed by atoms with Gasteiger partial charge in [0.05, 0.1) is 36.1 Å². The number of carbonyl (C=O) groups is 2. The van der Waals surface area contributed by atoms with Gasteiger partial charge in [0.25, 0.3) is 5.91 Å². The number of methoxy groups -OCH3 is 1. The Bertz CT molecular complexity index is 1500. The Balaban J connectivity index is 1.52. The number of primary amides is 1. The number of rotatable bonds is 6. The lowest BCUT2D eigenvalue weighted by molar-refractivity contribution is -0.127. The fourth-order valence-corrected chi connectivity index (χ4v) is 4.84. The summed E-state index contributed by atoms with van der Waals surface area (Å²) in [4.78, 5) is 30.2. The van der Waals surface area contributed by atoms with Gasteiger partial charge in [0.15, 0.2) is 11.5 Å². The molecule has 192 valence electrons. The molecule has 3 aromatic rings. The van der Waals surface area contributed by atoms with Crippen molar-refractivity contribution >= 4 is 28.7 Å². The largest absolute Gasteiger partial charge is 0.383 e. The number of hydrogen-bond donors (Lipinski definition) is 2. The number of anilines is 1. The lowest BCUT2D eigenvalue weighted by atomic mass is 10.1. The molecule has 5 rings (SSSR count). The fourth-order valence-electron chi connectivity index (χ4n) is 4.84. The molecule has 1 aliphatic heterocycles. The van der Waals surface area contributed by atoms with E-state index >= 15 is 4.39 Å². The zero-order chi connectivity index (χ0) is 26.4. The molecule has 0 radical (unpaired) electrons. The molecule has 1 saturated heterocycles. The van der Waals surface area contributed by atoms with E-state index < -0.39 is 29.1 Å². The maximum Gasteiger partial charge on any atom is 0.255 e. The van der Waals surface area contributed by atoms with Gasteiger partial charge in [0.1, 0.15) is 22.7 Å². The second-order valence-corrected chi connectivity index (χ2v) is 9.16. The maximum absolute atomic E-state index is 15.2. The third-order valence-corrected chi connectivity index (χ3v) is 6.76. The Morgan fingerprint density at radius 3 is 2.70 bits per heavy atom. The average molecular weight is 510 g/mol. The maximum atomic E-state index is 15.2. The van der Waals surface area contributed by atoms with E-state index in [9.17, 15) is 14.0 Å². The van der Waals surface area contributed by atoms with Crippen LogP contribution in [0.2, 0.25) is 0 Å². The van der Waals surface area contributed by atoms with Crippen LogP contribution in [0.3, 0.4) is 0 Å². The first-order chi connectivity index (χ1) is 17.7. The molecule has 2 amide bonds. The average Bonchev–Trinajstić information content (AvgIpc) is 3.33. The van der Waals surface area contributed by atoms with E-state index in [0.717, 1.165) is 12.8 Å². The molecule has 4 N–H and O–H groups in total. The highest BCUT2D eigenvalue weighted by atomic mass is 19.1. The Morgan fingerprint density at radius 1 is 1.30 bits per heavy atom. The summed E-state index contributed by atoms with van der Waals surface area (Å²) < 4.78 is 38.4. The third-order valence-electron chi connectivity index (χ3n) is 6.76.